The molecule has 2 aromatic rings. The number of hydrogen-bond donors (Lipinski definition) is 2. The number of halogens is 1. The first-order valence-electron chi connectivity index (χ1n) is 4.43. The Labute approximate surface area is 101 Å². The van der Waals surface area contributed by atoms with Gasteiger partial charge in [0.2, 0.25) is 0 Å². The first-order chi connectivity index (χ1) is 7.70. The number of nitrogens with one attached hydrogen (secondary N) is 1. The summed E-state index contributed by atoms with van der Waals surface area (Å²) in [6, 6.07) is 7.26. The molecule has 2 rings (SSSR count). The van der Waals surface area contributed by atoms with E-state index in [9.17, 15) is 4.79 Å². The summed E-state index contributed by atoms with van der Waals surface area (Å²) in [5, 5.41) is 3.09. The molecule has 4 nitrogen and oxygen atoms in total. The lowest BCUT2D eigenvalue weighted by atomic mass is 10.2. The van der Waals surface area contributed by atoms with E-state index in [1.54, 1.807) is 17.5 Å². The fourth-order valence-electron chi connectivity index (χ4n) is 1.18. The van der Waals surface area contributed by atoms with Crippen molar-refractivity contribution < 1.29 is 4.79 Å². The molecule has 1 heterocycles. The third-order valence-corrected chi connectivity index (χ3v) is 3.10. The molecule has 0 atom stereocenters. The second-order valence-corrected chi connectivity index (χ2v) is 4.31. The number of hydrogen-bond acceptors (Lipinski definition) is 4. The Morgan fingerprint density at radius 1 is 1.38 bits per heavy atom. The number of carbonyl (C=O) groups excluding carboxylic acids is 1. The largest absolute Gasteiger partial charge is 0.289 e. The molecule has 0 aliphatic carbocycles. The van der Waals surface area contributed by atoms with Gasteiger partial charge in [-0.05, 0) is 12.1 Å². The fourth-order valence-corrected chi connectivity index (χ4v) is 2.11. The smallest absolute Gasteiger partial charge is 0.284 e. The van der Waals surface area contributed by atoms with Gasteiger partial charge < -0.3 is 0 Å². The zero-order valence-electron chi connectivity index (χ0n) is 8.11. The average molecular weight is 254 g/mol. The van der Waals surface area contributed by atoms with Crippen molar-refractivity contribution in [3.8, 4) is 10.6 Å². The van der Waals surface area contributed by atoms with Crippen LogP contribution in [0.4, 0.5) is 0 Å². The highest BCUT2D eigenvalue weighted by molar-refractivity contribution is 7.13. The average Bonchev–Trinajstić information content (AvgIpc) is 2.78. The normalized spacial score (nSPS) is 10.1. The minimum Gasteiger partial charge on any atom is -0.289 e. The molecule has 6 heteroatoms. The molecule has 1 amide bonds. The molecule has 16 heavy (non-hydrogen) atoms. The van der Waals surface area contributed by atoms with Crippen LogP contribution in [-0.2, 0) is 0 Å². The summed E-state index contributed by atoms with van der Waals surface area (Å²) in [6.45, 7) is 0. The maximum absolute atomic E-state index is 11.2. The number of hydrazine groups is 1. The van der Waals surface area contributed by atoms with Gasteiger partial charge >= 0.3 is 0 Å². The Morgan fingerprint density at radius 3 is 2.69 bits per heavy atom. The monoisotopic (exact) mass is 253 g/mol. The topological polar surface area (TPSA) is 68.0 Å². The molecular formula is C10H8ClN3OS. The third-order valence-electron chi connectivity index (χ3n) is 1.96. The van der Waals surface area contributed by atoms with Gasteiger partial charge in [0, 0.05) is 16.0 Å². The number of nitrogen functional groups attached to an aromatic ring is 1. The molecule has 1 aromatic carbocycles. The van der Waals surface area contributed by atoms with E-state index in [0.29, 0.717) is 10.7 Å². The highest BCUT2D eigenvalue weighted by atomic mass is 35.5. The van der Waals surface area contributed by atoms with Crippen LogP contribution in [0, 0.1) is 0 Å². The number of amides is 1. The van der Waals surface area contributed by atoms with Crippen molar-refractivity contribution in [3.63, 3.8) is 0 Å². The van der Waals surface area contributed by atoms with Gasteiger partial charge in [-0.1, -0.05) is 23.7 Å². The van der Waals surface area contributed by atoms with E-state index in [-0.39, 0.29) is 0 Å². The van der Waals surface area contributed by atoms with Gasteiger partial charge in [0.1, 0.15) is 10.7 Å². The highest BCUT2D eigenvalue weighted by Gasteiger charge is 2.10. The van der Waals surface area contributed by atoms with Crippen molar-refractivity contribution in [2.45, 2.75) is 0 Å². The SMILES string of the molecule is NNC(=O)c1csc(-c2ccc(Cl)cc2)n1. The van der Waals surface area contributed by atoms with Crippen molar-refractivity contribution in [2.75, 3.05) is 0 Å². The molecule has 1 aromatic heterocycles. The number of rotatable bonds is 2. The Bertz CT molecular complexity index is 509. The molecule has 0 aliphatic heterocycles. The maximum Gasteiger partial charge on any atom is 0.284 e. The van der Waals surface area contributed by atoms with Crippen molar-refractivity contribution in [3.05, 3.63) is 40.4 Å². The quantitative estimate of drug-likeness (QED) is 0.489. The Hall–Kier alpha value is -1.43. The lowest BCUT2D eigenvalue weighted by molar-refractivity contribution is 0.0949. The standard InChI is InChI=1S/C10H8ClN3OS/c11-7-3-1-6(2-4-7)10-13-8(5-16-10)9(15)14-12/h1-5H,12H2,(H,14,15). The Kier molecular flexibility index (Phi) is 3.19. The van der Waals surface area contributed by atoms with Gasteiger partial charge in [-0.2, -0.15) is 0 Å². The zero-order chi connectivity index (χ0) is 11.5. The molecule has 0 unspecified atom stereocenters. The lowest BCUT2D eigenvalue weighted by Gasteiger charge is -1.96. The second kappa shape index (κ2) is 4.61. The second-order valence-electron chi connectivity index (χ2n) is 3.02. The van der Waals surface area contributed by atoms with Crippen LogP contribution in [0.2, 0.25) is 5.02 Å². The summed E-state index contributed by atoms with van der Waals surface area (Å²) in [6.07, 6.45) is 0. The van der Waals surface area contributed by atoms with E-state index in [0.717, 1.165) is 10.6 Å². The van der Waals surface area contributed by atoms with Crippen LogP contribution in [0.5, 0.6) is 0 Å². The molecule has 3 N–H and O–H groups in total. The first-order valence-corrected chi connectivity index (χ1v) is 5.69. The predicted octanol–water partition coefficient (Wildman–Crippen LogP) is 2.07. The number of nitrogens with zero attached hydrogens (tertiary/aromatic N) is 1. The van der Waals surface area contributed by atoms with Gasteiger partial charge in [0.25, 0.3) is 5.91 Å². The van der Waals surface area contributed by atoms with E-state index in [1.165, 1.54) is 11.3 Å². The summed E-state index contributed by atoms with van der Waals surface area (Å²) in [4.78, 5) is 15.4. The van der Waals surface area contributed by atoms with Gasteiger partial charge in [-0.15, -0.1) is 11.3 Å². The zero-order valence-corrected chi connectivity index (χ0v) is 9.68. The maximum atomic E-state index is 11.2. The molecule has 0 radical (unpaired) electrons. The van der Waals surface area contributed by atoms with E-state index in [1.807, 2.05) is 17.6 Å². The molecule has 0 saturated carbocycles. The lowest BCUT2D eigenvalue weighted by Crippen LogP contribution is -2.30. The van der Waals surface area contributed by atoms with Crippen LogP contribution >= 0.6 is 22.9 Å². The van der Waals surface area contributed by atoms with Gasteiger partial charge in [0.15, 0.2) is 0 Å². The summed E-state index contributed by atoms with van der Waals surface area (Å²) >= 11 is 7.16. The van der Waals surface area contributed by atoms with Crippen molar-refractivity contribution >= 4 is 28.8 Å². The van der Waals surface area contributed by atoms with Crippen molar-refractivity contribution in [1.82, 2.24) is 10.4 Å². The van der Waals surface area contributed by atoms with E-state index < -0.39 is 5.91 Å². The van der Waals surface area contributed by atoms with Gasteiger partial charge in [-0.25, -0.2) is 10.8 Å². The summed E-state index contributed by atoms with van der Waals surface area (Å²) in [5.41, 5.74) is 3.28. The minimum absolute atomic E-state index is 0.317. The number of aromatic nitrogens is 1. The summed E-state index contributed by atoms with van der Waals surface area (Å²) in [5.74, 6) is 4.63. The minimum atomic E-state index is -0.392. The third kappa shape index (κ3) is 2.21. The van der Waals surface area contributed by atoms with E-state index in [4.69, 9.17) is 17.4 Å². The van der Waals surface area contributed by atoms with Crippen LogP contribution in [0.3, 0.4) is 0 Å². The number of benzene rings is 1. The number of nitrogens with two attached hydrogens (primary N) is 1. The molecule has 82 valence electrons. The van der Waals surface area contributed by atoms with E-state index >= 15 is 0 Å². The number of carbonyl (C=O) groups is 1. The Balaban J connectivity index is 2.31. The van der Waals surface area contributed by atoms with Crippen LogP contribution in [0.25, 0.3) is 10.6 Å². The molecule has 0 fully saturated rings. The van der Waals surface area contributed by atoms with Crippen LogP contribution in [0.1, 0.15) is 10.5 Å². The fraction of sp³-hybridized carbons (Fsp3) is 0. The van der Waals surface area contributed by atoms with Crippen molar-refractivity contribution in [2.24, 2.45) is 5.84 Å². The Morgan fingerprint density at radius 2 is 2.06 bits per heavy atom. The van der Waals surface area contributed by atoms with Crippen LogP contribution < -0.4 is 11.3 Å². The molecule has 0 bridgehead atoms. The number of thiazole rings is 1. The summed E-state index contributed by atoms with van der Waals surface area (Å²) in [7, 11) is 0. The molecular weight excluding hydrogens is 246 g/mol. The van der Waals surface area contributed by atoms with E-state index in [2.05, 4.69) is 4.98 Å². The van der Waals surface area contributed by atoms with Crippen molar-refractivity contribution in [1.29, 1.82) is 0 Å². The van der Waals surface area contributed by atoms with Gasteiger partial charge in [0.05, 0.1) is 0 Å². The predicted molar refractivity (Wildman–Crippen MR) is 64.2 cm³/mol. The molecule has 0 saturated heterocycles. The highest BCUT2D eigenvalue weighted by Crippen LogP contribution is 2.24. The van der Waals surface area contributed by atoms with Crippen LogP contribution in [0.15, 0.2) is 29.6 Å². The van der Waals surface area contributed by atoms with Gasteiger partial charge in [-0.3, -0.25) is 10.2 Å². The first kappa shape index (κ1) is 11.1. The van der Waals surface area contributed by atoms with Crippen LogP contribution in [-0.4, -0.2) is 10.9 Å². The molecule has 0 spiro atoms. The summed E-state index contributed by atoms with van der Waals surface area (Å²) < 4.78 is 0. The molecule has 0 aliphatic rings.